The van der Waals surface area contributed by atoms with Gasteiger partial charge in [0, 0.05) is 4.47 Å². The van der Waals surface area contributed by atoms with Crippen LogP contribution in [0.2, 0.25) is 0 Å². The van der Waals surface area contributed by atoms with Gasteiger partial charge in [0.05, 0.1) is 0 Å². The molecule has 0 aliphatic carbocycles. The standard InChI is InChI=1S/C13H17BrFN/c14-12-4-5-13(15)11(8-12)7-10-3-1-2-6-16-9-10/h4-5,8,10,16H,1-3,6-7,9H2. The molecule has 1 heterocycles. The van der Waals surface area contributed by atoms with Crippen LogP contribution in [-0.4, -0.2) is 13.1 Å². The molecule has 1 N–H and O–H groups in total. The second kappa shape index (κ2) is 5.78. The van der Waals surface area contributed by atoms with Crippen LogP contribution in [0.15, 0.2) is 22.7 Å². The van der Waals surface area contributed by atoms with E-state index in [0.717, 1.165) is 29.5 Å². The third-order valence-corrected chi connectivity index (χ3v) is 3.66. The van der Waals surface area contributed by atoms with E-state index in [1.165, 1.54) is 19.3 Å². The van der Waals surface area contributed by atoms with E-state index in [2.05, 4.69) is 21.2 Å². The Bertz CT molecular complexity index is 346. The van der Waals surface area contributed by atoms with Crippen molar-refractivity contribution in [1.82, 2.24) is 5.32 Å². The van der Waals surface area contributed by atoms with Gasteiger partial charge in [0.2, 0.25) is 0 Å². The Morgan fingerprint density at radius 1 is 1.38 bits per heavy atom. The molecular weight excluding hydrogens is 269 g/mol. The van der Waals surface area contributed by atoms with E-state index in [4.69, 9.17) is 0 Å². The number of halogens is 2. The van der Waals surface area contributed by atoms with Crippen LogP contribution >= 0.6 is 15.9 Å². The molecule has 88 valence electrons. The molecule has 0 spiro atoms. The van der Waals surface area contributed by atoms with Crippen molar-refractivity contribution in [3.63, 3.8) is 0 Å². The van der Waals surface area contributed by atoms with E-state index >= 15 is 0 Å². The van der Waals surface area contributed by atoms with Gasteiger partial charge in [-0.15, -0.1) is 0 Å². The van der Waals surface area contributed by atoms with E-state index in [9.17, 15) is 4.39 Å². The first kappa shape index (κ1) is 12.1. The molecule has 1 atom stereocenters. The van der Waals surface area contributed by atoms with E-state index < -0.39 is 0 Å². The average Bonchev–Trinajstić information content (AvgIpc) is 2.52. The molecule has 0 radical (unpaired) electrons. The molecule has 1 aliphatic rings. The monoisotopic (exact) mass is 285 g/mol. The van der Waals surface area contributed by atoms with E-state index in [1.807, 2.05) is 6.07 Å². The molecule has 2 rings (SSSR count). The minimum absolute atomic E-state index is 0.0764. The van der Waals surface area contributed by atoms with Gasteiger partial charge in [-0.3, -0.25) is 0 Å². The predicted molar refractivity (Wildman–Crippen MR) is 68.0 cm³/mol. The van der Waals surface area contributed by atoms with Crippen molar-refractivity contribution in [2.75, 3.05) is 13.1 Å². The van der Waals surface area contributed by atoms with Crippen LogP contribution in [-0.2, 0) is 6.42 Å². The van der Waals surface area contributed by atoms with Gasteiger partial charge in [-0.1, -0.05) is 22.4 Å². The van der Waals surface area contributed by atoms with Crippen molar-refractivity contribution in [2.24, 2.45) is 5.92 Å². The summed E-state index contributed by atoms with van der Waals surface area (Å²) >= 11 is 3.39. The molecule has 1 aliphatic heterocycles. The molecule has 1 aromatic carbocycles. The second-order valence-corrected chi connectivity index (χ2v) is 5.42. The predicted octanol–water partition coefficient (Wildman–Crippen LogP) is 3.52. The maximum absolute atomic E-state index is 13.6. The lowest BCUT2D eigenvalue weighted by Gasteiger charge is -2.14. The molecule has 0 amide bonds. The SMILES string of the molecule is Fc1ccc(Br)cc1CC1CCCCNC1. The van der Waals surface area contributed by atoms with Crippen molar-refractivity contribution in [1.29, 1.82) is 0 Å². The molecule has 3 heteroatoms. The smallest absolute Gasteiger partial charge is 0.126 e. The minimum atomic E-state index is -0.0764. The van der Waals surface area contributed by atoms with Gasteiger partial charge in [-0.25, -0.2) is 4.39 Å². The van der Waals surface area contributed by atoms with Gasteiger partial charge < -0.3 is 5.32 Å². The molecule has 16 heavy (non-hydrogen) atoms. The Labute approximate surface area is 105 Å². The Hall–Kier alpha value is -0.410. The van der Waals surface area contributed by atoms with Crippen LogP contribution < -0.4 is 5.32 Å². The summed E-state index contributed by atoms with van der Waals surface area (Å²) in [7, 11) is 0. The molecule has 0 saturated carbocycles. The second-order valence-electron chi connectivity index (χ2n) is 4.51. The number of rotatable bonds is 2. The Morgan fingerprint density at radius 3 is 3.12 bits per heavy atom. The normalized spacial score (nSPS) is 21.8. The molecular formula is C13H17BrFN. The van der Waals surface area contributed by atoms with Gasteiger partial charge >= 0.3 is 0 Å². The van der Waals surface area contributed by atoms with E-state index in [0.29, 0.717) is 5.92 Å². The number of nitrogens with one attached hydrogen (secondary N) is 1. The fraction of sp³-hybridized carbons (Fsp3) is 0.538. The summed E-state index contributed by atoms with van der Waals surface area (Å²) in [6.07, 6.45) is 4.56. The van der Waals surface area contributed by atoms with Crippen molar-refractivity contribution >= 4 is 15.9 Å². The molecule has 1 unspecified atom stereocenters. The third kappa shape index (κ3) is 3.29. The summed E-state index contributed by atoms with van der Waals surface area (Å²) in [6.45, 7) is 2.13. The molecule has 1 nitrogen and oxygen atoms in total. The zero-order chi connectivity index (χ0) is 11.4. The van der Waals surface area contributed by atoms with Crippen molar-refractivity contribution in [3.05, 3.63) is 34.1 Å². The van der Waals surface area contributed by atoms with Crippen molar-refractivity contribution in [2.45, 2.75) is 25.7 Å². The average molecular weight is 286 g/mol. The molecule has 1 saturated heterocycles. The maximum Gasteiger partial charge on any atom is 0.126 e. The van der Waals surface area contributed by atoms with Crippen molar-refractivity contribution < 1.29 is 4.39 Å². The van der Waals surface area contributed by atoms with E-state index in [-0.39, 0.29) is 5.82 Å². The summed E-state index contributed by atoms with van der Waals surface area (Å²) < 4.78 is 14.5. The molecule has 0 aromatic heterocycles. The topological polar surface area (TPSA) is 12.0 Å². The fourth-order valence-electron chi connectivity index (χ4n) is 2.28. The summed E-state index contributed by atoms with van der Waals surface area (Å²) in [5.41, 5.74) is 0.836. The lowest BCUT2D eigenvalue weighted by Crippen LogP contribution is -2.22. The minimum Gasteiger partial charge on any atom is -0.316 e. The van der Waals surface area contributed by atoms with Gasteiger partial charge in [-0.05, 0) is 62.0 Å². The summed E-state index contributed by atoms with van der Waals surface area (Å²) in [5.74, 6) is 0.499. The van der Waals surface area contributed by atoms with Crippen LogP contribution in [0, 0.1) is 11.7 Å². The zero-order valence-corrected chi connectivity index (χ0v) is 10.9. The van der Waals surface area contributed by atoms with Crippen molar-refractivity contribution in [3.8, 4) is 0 Å². The Kier molecular flexibility index (Phi) is 4.36. The fourth-order valence-corrected chi connectivity index (χ4v) is 2.68. The maximum atomic E-state index is 13.6. The van der Waals surface area contributed by atoms with E-state index in [1.54, 1.807) is 12.1 Å². The lowest BCUT2D eigenvalue weighted by molar-refractivity contribution is 0.465. The highest BCUT2D eigenvalue weighted by Gasteiger charge is 2.14. The Balaban J connectivity index is 2.04. The molecule has 0 bridgehead atoms. The van der Waals surface area contributed by atoms with Crippen LogP contribution in [0.5, 0.6) is 0 Å². The highest BCUT2D eigenvalue weighted by molar-refractivity contribution is 9.10. The zero-order valence-electron chi connectivity index (χ0n) is 9.31. The number of hydrogen-bond acceptors (Lipinski definition) is 1. The lowest BCUT2D eigenvalue weighted by atomic mass is 9.95. The summed E-state index contributed by atoms with van der Waals surface area (Å²) in [6, 6.07) is 5.20. The summed E-state index contributed by atoms with van der Waals surface area (Å²) in [4.78, 5) is 0. The number of hydrogen-bond donors (Lipinski definition) is 1. The first-order valence-corrected chi connectivity index (χ1v) is 6.69. The van der Waals surface area contributed by atoms with Crippen LogP contribution in [0.4, 0.5) is 4.39 Å². The quantitative estimate of drug-likeness (QED) is 0.877. The first-order chi connectivity index (χ1) is 7.75. The van der Waals surface area contributed by atoms with Gasteiger partial charge in [0.25, 0.3) is 0 Å². The first-order valence-electron chi connectivity index (χ1n) is 5.90. The third-order valence-electron chi connectivity index (χ3n) is 3.17. The van der Waals surface area contributed by atoms with Gasteiger partial charge in [0.15, 0.2) is 0 Å². The van der Waals surface area contributed by atoms with Gasteiger partial charge in [-0.2, -0.15) is 0 Å². The molecule has 1 fully saturated rings. The largest absolute Gasteiger partial charge is 0.316 e. The summed E-state index contributed by atoms with van der Waals surface area (Å²) in [5, 5.41) is 3.42. The molecule has 1 aromatic rings. The number of benzene rings is 1. The van der Waals surface area contributed by atoms with Crippen LogP contribution in [0.3, 0.4) is 0 Å². The van der Waals surface area contributed by atoms with Crippen LogP contribution in [0.1, 0.15) is 24.8 Å². The Morgan fingerprint density at radius 2 is 2.25 bits per heavy atom. The highest BCUT2D eigenvalue weighted by Crippen LogP contribution is 2.21. The van der Waals surface area contributed by atoms with Gasteiger partial charge in [0.1, 0.15) is 5.82 Å². The van der Waals surface area contributed by atoms with Crippen LogP contribution in [0.25, 0.3) is 0 Å². The highest BCUT2D eigenvalue weighted by atomic mass is 79.9.